The Bertz CT molecular complexity index is 813. The maximum atomic E-state index is 11.1. The molecule has 0 saturated heterocycles. The third-order valence-corrected chi connectivity index (χ3v) is 4.22. The molecule has 2 aromatic rings. The maximum Gasteiger partial charge on any atom is 0.248 e. The third kappa shape index (κ3) is 6.52. The molecule has 0 radical (unpaired) electrons. The van der Waals surface area contributed by atoms with Crippen LogP contribution in [0.15, 0.2) is 39.7 Å². The van der Waals surface area contributed by atoms with Crippen molar-refractivity contribution in [1.29, 1.82) is 0 Å². The normalized spacial score (nSPS) is 13.4. The predicted octanol–water partition coefficient (Wildman–Crippen LogP) is 2.58. The van der Waals surface area contributed by atoms with E-state index in [2.05, 4.69) is 15.6 Å². The molecule has 0 aliphatic rings. The van der Waals surface area contributed by atoms with Crippen LogP contribution < -0.4 is 16.4 Å². The van der Waals surface area contributed by atoms with Gasteiger partial charge in [-0.15, -0.1) is 24.0 Å². The number of hydrogen-bond acceptors (Lipinski definition) is 4. The number of halogens is 1. The number of nitrogens with zero attached hydrogens (tertiary/aromatic N) is 1. The standard InChI is InChI=1S/C20H28N4O3.HI/c1-5-22-19(23-11-15-6-8-16(9-7-15)18(21)25)24-12-20(4,26)17-10-13(2)27-14(17)3;/h6-10,26H,5,11-12H2,1-4H3,(H2,21,25)(H2,22,23,24);1H. The number of amides is 1. The number of aryl methyl sites for hydroxylation is 2. The lowest BCUT2D eigenvalue weighted by molar-refractivity contribution is 0.0601. The molecule has 1 unspecified atom stereocenters. The van der Waals surface area contributed by atoms with Gasteiger partial charge in [0.2, 0.25) is 5.91 Å². The first kappa shape index (κ1) is 24.0. The molecule has 0 spiro atoms. The van der Waals surface area contributed by atoms with Crippen LogP contribution in [0.25, 0.3) is 0 Å². The van der Waals surface area contributed by atoms with Crippen LogP contribution in [0.2, 0.25) is 0 Å². The number of aliphatic hydroxyl groups is 1. The van der Waals surface area contributed by atoms with Crippen LogP contribution in [0, 0.1) is 13.8 Å². The first-order valence-corrected chi connectivity index (χ1v) is 8.93. The second-order valence-corrected chi connectivity index (χ2v) is 6.71. The molecular formula is C20H29IN4O3. The van der Waals surface area contributed by atoms with Gasteiger partial charge in [0.15, 0.2) is 5.96 Å². The average Bonchev–Trinajstić information content (AvgIpc) is 2.97. The van der Waals surface area contributed by atoms with Crippen molar-refractivity contribution >= 4 is 35.8 Å². The number of guanidine groups is 1. The zero-order valence-corrected chi connectivity index (χ0v) is 19.0. The molecule has 7 nitrogen and oxygen atoms in total. The summed E-state index contributed by atoms with van der Waals surface area (Å²) in [7, 11) is 0. The Morgan fingerprint density at radius 3 is 2.39 bits per heavy atom. The van der Waals surface area contributed by atoms with E-state index in [4.69, 9.17) is 10.2 Å². The fourth-order valence-corrected chi connectivity index (χ4v) is 2.80. The van der Waals surface area contributed by atoms with E-state index < -0.39 is 11.5 Å². The van der Waals surface area contributed by atoms with Crippen molar-refractivity contribution in [3.63, 3.8) is 0 Å². The smallest absolute Gasteiger partial charge is 0.248 e. The summed E-state index contributed by atoms with van der Waals surface area (Å²) in [5, 5.41) is 17.1. The van der Waals surface area contributed by atoms with Crippen LogP contribution in [0.3, 0.4) is 0 Å². The van der Waals surface area contributed by atoms with Gasteiger partial charge >= 0.3 is 0 Å². The molecule has 2 rings (SSSR count). The second kappa shape index (κ2) is 10.5. The van der Waals surface area contributed by atoms with Gasteiger partial charge < -0.3 is 25.9 Å². The Hall–Kier alpha value is -2.07. The topological polar surface area (TPSA) is 113 Å². The average molecular weight is 500 g/mol. The van der Waals surface area contributed by atoms with E-state index in [0.29, 0.717) is 30.4 Å². The highest BCUT2D eigenvalue weighted by molar-refractivity contribution is 14.0. The number of carbonyl (C=O) groups is 1. The van der Waals surface area contributed by atoms with E-state index in [0.717, 1.165) is 16.9 Å². The molecule has 0 bridgehead atoms. The first-order valence-electron chi connectivity index (χ1n) is 8.93. The summed E-state index contributed by atoms with van der Waals surface area (Å²) in [5.41, 5.74) is 6.32. The number of hydrogen-bond donors (Lipinski definition) is 4. The molecule has 8 heteroatoms. The van der Waals surface area contributed by atoms with Gasteiger partial charge in [0.05, 0.1) is 13.1 Å². The Morgan fingerprint density at radius 2 is 1.89 bits per heavy atom. The SMILES string of the molecule is CCNC(=NCc1ccc(C(N)=O)cc1)NCC(C)(O)c1cc(C)oc1C.I. The van der Waals surface area contributed by atoms with Crippen LogP contribution in [0.1, 0.15) is 46.9 Å². The highest BCUT2D eigenvalue weighted by atomic mass is 127. The van der Waals surface area contributed by atoms with Gasteiger partial charge in [0.1, 0.15) is 17.1 Å². The predicted molar refractivity (Wildman–Crippen MR) is 121 cm³/mol. The molecule has 0 aliphatic carbocycles. The van der Waals surface area contributed by atoms with Gasteiger partial charge in [-0.05, 0) is 51.5 Å². The fraction of sp³-hybridized carbons (Fsp3) is 0.400. The quantitative estimate of drug-likeness (QED) is 0.265. The van der Waals surface area contributed by atoms with Crippen molar-refractivity contribution in [1.82, 2.24) is 10.6 Å². The Kier molecular flexibility index (Phi) is 8.96. The zero-order chi connectivity index (χ0) is 20.0. The lowest BCUT2D eigenvalue weighted by atomic mass is 9.96. The minimum absolute atomic E-state index is 0. The van der Waals surface area contributed by atoms with Gasteiger partial charge in [0, 0.05) is 17.7 Å². The van der Waals surface area contributed by atoms with Gasteiger partial charge in [-0.1, -0.05) is 12.1 Å². The minimum atomic E-state index is -1.10. The molecule has 1 atom stereocenters. The largest absolute Gasteiger partial charge is 0.466 e. The molecule has 1 amide bonds. The van der Waals surface area contributed by atoms with E-state index in [1.807, 2.05) is 39.0 Å². The van der Waals surface area contributed by atoms with E-state index in [-0.39, 0.29) is 30.5 Å². The number of benzene rings is 1. The molecule has 0 fully saturated rings. The van der Waals surface area contributed by atoms with Crippen LogP contribution >= 0.6 is 24.0 Å². The monoisotopic (exact) mass is 500 g/mol. The number of carbonyl (C=O) groups excluding carboxylic acids is 1. The summed E-state index contributed by atoms with van der Waals surface area (Å²) < 4.78 is 5.52. The van der Waals surface area contributed by atoms with Gasteiger partial charge in [-0.25, -0.2) is 4.99 Å². The van der Waals surface area contributed by atoms with Crippen LogP contribution in [0.4, 0.5) is 0 Å². The van der Waals surface area contributed by atoms with Crippen LogP contribution in [-0.4, -0.2) is 30.1 Å². The van der Waals surface area contributed by atoms with Crippen LogP contribution in [-0.2, 0) is 12.1 Å². The number of rotatable bonds is 7. The molecular weight excluding hydrogens is 471 g/mol. The van der Waals surface area contributed by atoms with Crippen molar-refractivity contribution in [2.75, 3.05) is 13.1 Å². The van der Waals surface area contributed by atoms with Gasteiger partial charge in [-0.2, -0.15) is 0 Å². The van der Waals surface area contributed by atoms with Crippen molar-refractivity contribution in [2.24, 2.45) is 10.7 Å². The van der Waals surface area contributed by atoms with Crippen LogP contribution in [0.5, 0.6) is 0 Å². The summed E-state index contributed by atoms with van der Waals surface area (Å²) in [4.78, 5) is 15.7. The Balaban J connectivity index is 0.00000392. The zero-order valence-electron chi connectivity index (χ0n) is 16.7. The lowest BCUT2D eigenvalue weighted by Gasteiger charge is -2.24. The van der Waals surface area contributed by atoms with Crippen molar-refractivity contribution in [3.05, 3.63) is 58.5 Å². The molecule has 1 aromatic heterocycles. The summed E-state index contributed by atoms with van der Waals surface area (Å²) in [6.45, 7) is 8.81. The highest BCUT2D eigenvalue weighted by Gasteiger charge is 2.27. The van der Waals surface area contributed by atoms with E-state index >= 15 is 0 Å². The van der Waals surface area contributed by atoms with E-state index in [1.54, 1.807) is 19.1 Å². The number of furan rings is 1. The fourth-order valence-electron chi connectivity index (χ4n) is 2.80. The second-order valence-electron chi connectivity index (χ2n) is 6.71. The molecule has 0 aliphatic heterocycles. The summed E-state index contributed by atoms with van der Waals surface area (Å²) >= 11 is 0. The van der Waals surface area contributed by atoms with Gasteiger partial charge in [0.25, 0.3) is 0 Å². The minimum Gasteiger partial charge on any atom is -0.466 e. The van der Waals surface area contributed by atoms with Crippen molar-refractivity contribution in [3.8, 4) is 0 Å². The number of aliphatic imine (C=N–C) groups is 1. The molecule has 1 aromatic carbocycles. The number of nitrogens with one attached hydrogen (secondary N) is 2. The highest BCUT2D eigenvalue weighted by Crippen LogP contribution is 2.26. The van der Waals surface area contributed by atoms with Gasteiger partial charge in [-0.3, -0.25) is 4.79 Å². The Morgan fingerprint density at radius 1 is 1.25 bits per heavy atom. The molecule has 28 heavy (non-hydrogen) atoms. The summed E-state index contributed by atoms with van der Waals surface area (Å²) in [6, 6.07) is 8.86. The maximum absolute atomic E-state index is 11.1. The molecule has 5 N–H and O–H groups in total. The van der Waals surface area contributed by atoms with Crippen molar-refractivity contribution in [2.45, 2.75) is 39.8 Å². The summed E-state index contributed by atoms with van der Waals surface area (Å²) in [5.74, 6) is 1.61. The summed E-state index contributed by atoms with van der Waals surface area (Å²) in [6.07, 6.45) is 0. The molecule has 154 valence electrons. The van der Waals surface area contributed by atoms with Crippen molar-refractivity contribution < 1.29 is 14.3 Å². The molecule has 1 heterocycles. The van der Waals surface area contributed by atoms with E-state index in [9.17, 15) is 9.90 Å². The van der Waals surface area contributed by atoms with E-state index in [1.165, 1.54) is 0 Å². The Labute approximate surface area is 182 Å². The third-order valence-electron chi connectivity index (χ3n) is 4.22. The molecule has 0 saturated carbocycles. The number of nitrogens with two attached hydrogens (primary N) is 1. The number of primary amides is 1. The first-order chi connectivity index (χ1) is 12.7. The lowest BCUT2D eigenvalue weighted by Crippen LogP contribution is -2.44.